The first kappa shape index (κ1) is 31.4. The van der Waals surface area contributed by atoms with Crippen LogP contribution in [0.2, 0.25) is 0 Å². The maximum atomic E-state index is 6.37. The van der Waals surface area contributed by atoms with E-state index in [1.54, 1.807) is 11.3 Å². The molecule has 5 heteroatoms. The molecule has 0 saturated heterocycles. The van der Waals surface area contributed by atoms with E-state index < -0.39 is 0 Å². The molecule has 11 rings (SSSR count). The van der Waals surface area contributed by atoms with Crippen LogP contribution in [0.15, 0.2) is 192 Å². The fourth-order valence-corrected chi connectivity index (χ4v) is 8.98. The molecule has 258 valence electrons. The molecule has 0 radical (unpaired) electrons. The lowest BCUT2D eigenvalue weighted by Gasteiger charge is -2.25. The van der Waals surface area contributed by atoms with Gasteiger partial charge < -0.3 is 9.32 Å². The van der Waals surface area contributed by atoms with E-state index in [9.17, 15) is 0 Å². The van der Waals surface area contributed by atoms with Gasteiger partial charge in [-0.25, -0.2) is 9.97 Å². The lowest BCUT2D eigenvalue weighted by Crippen LogP contribution is -2.09. The number of anilines is 3. The molecular formula is C50H31N3OS. The van der Waals surface area contributed by atoms with Crippen LogP contribution >= 0.6 is 11.3 Å². The van der Waals surface area contributed by atoms with Crippen LogP contribution in [0.25, 0.3) is 86.8 Å². The maximum Gasteiger partial charge on any atom is 0.160 e. The van der Waals surface area contributed by atoms with Gasteiger partial charge in [0.1, 0.15) is 11.2 Å². The minimum Gasteiger partial charge on any atom is -0.456 e. The standard InChI is InChI=1S/C50H31N3OS/c1-3-11-32(12-4-1)33-19-25-38(26-20-33)53(37-14-5-2-6-15-37)39-27-21-35(22-28-39)50-51-47(49-48(52-50)41-17-9-10-18-45(41)55-49)36-24-29-43-42(31-36)46-40-16-8-7-13-34(40)23-30-44(46)54-43/h1-31H. The fourth-order valence-electron chi connectivity index (χ4n) is 7.83. The van der Waals surface area contributed by atoms with Crippen molar-refractivity contribution < 1.29 is 4.42 Å². The van der Waals surface area contributed by atoms with E-state index in [0.717, 1.165) is 71.4 Å². The lowest BCUT2D eigenvalue weighted by molar-refractivity contribution is 0.669. The highest BCUT2D eigenvalue weighted by atomic mass is 32.1. The molecule has 3 aromatic heterocycles. The van der Waals surface area contributed by atoms with Gasteiger partial charge >= 0.3 is 0 Å². The molecule has 8 aromatic carbocycles. The maximum absolute atomic E-state index is 6.37. The summed E-state index contributed by atoms with van der Waals surface area (Å²) >= 11 is 1.75. The van der Waals surface area contributed by atoms with Gasteiger partial charge in [0, 0.05) is 49.0 Å². The smallest absolute Gasteiger partial charge is 0.160 e. The molecule has 0 aliphatic carbocycles. The Hall–Kier alpha value is -7.08. The number of nitrogens with zero attached hydrogens (tertiary/aromatic N) is 3. The zero-order valence-corrected chi connectivity index (χ0v) is 30.4. The largest absolute Gasteiger partial charge is 0.456 e. The van der Waals surface area contributed by atoms with E-state index in [1.807, 2.05) is 6.07 Å². The van der Waals surface area contributed by atoms with Crippen molar-refractivity contribution in [1.82, 2.24) is 9.97 Å². The molecule has 0 unspecified atom stereocenters. The Bertz CT molecular complexity index is 3190. The van der Waals surface area contributed by atoms with Gasteiger partial charge in [0.25, 0.3) is 0 Å². The minimum atomic E-state index is 0.693. The topological polar surface area (TPSA) is 42.2 Å². The average Bonchev–Trinajstić information content (AvgIpc) is 3.83. The van der Waals surface area contributed by atoms with Crippen molar-refractivity contribution in [2.24, 2.45) is 0 Å². The van der Waals surface area contributed by atoms with Crippen LogP contribution in [0.4, 0.5) is 17.1 Å². The van der Waals surface area contributed by atoms with Gasteiger partial charge in [-0.15, -0.1) is 11.3 Å². The van der Waals surface area contributed by atoms with Gasteiger partial charge in [0.15, 0.2) is 5.82 Å². The highest BCUT2D eigenvalue weighted by molar-refractivity contribution is 7.26. The lowest BCUT2D eigenvalue weighted by atomic mass is 10.0. The third kappa shape index (κ3) is 5.36. The van der Waals surface area contributed by atoms with Crippen molar-refractivity contribution in [3.8, 4) is 33.8 Å². The Balaban J connectivity index is 1.04. The fraction of sp³-hybridized carbons (Fsp3) is 0. The number of furan rings is 1. The SMILES string of the molecule is c1ccc(-c2ccc(N(c3ccccc3)c3ccc(-c4nc(-c5ccc6oc7ccc8ccccc8c7c6c5)c5sc6ccccc6c5n4)cc3)cc2)cc1. The Morgan fingerprint density at radius 3 is 1.82 bits per heavy atom. The number of aromatic nitrogens is 2. The predicted octanol–water partition coefficient (Wildman–Crippen LogP) is 14.4. The van der Waals surface area contributed by atoms with Crippen LogP contribution in [0.3, 0.4) is 0 Å². The molecule has 0 atom stereocenters. The molecule has 0 aliphatic heterocycles. The van der Waals surface area contributed by atoms with Crippen molar-refractivity contribution in [3.05, 3.63) is 188 Å². The van der Waals surface area contributed by atoms with E-state index >= 15 is 0 Å². The number of hydrogen-bond donors (Lipinski definition) is 0. The second kappa shape index (κ2) is 12.8. The molecule has 11 aromatic rings. The molecule has 4 nitrogen and oxygen atoms in total. The molecule has 0 saturated carbocycles. The van der Waals surface area contributed by atoms with Gasteiger partial charge in [0.2, 0.25) is 0 Å². The number of fused-ring (bicyclic) bond motifs is 8. The summed E-state index contributed by atoms with van der Waals surface area (Å²) in [6.07, 6.45) is 0. The number of thiophene rings is 1. The van der Waals surface area contributed by atoms with Crippen LogP contribution in [-0.4, -0.2) is 9.97 Å². The second-order valence-electron chi connectivity index (χ2n) is 13.8. The van der Waals surface area contributed by atoms with E-state index in [4.69, 9.17) is 14.4 Å². The summed E-state index contributed by atoms with van der Waals surface area (Å²) in [6.45, 7) is 0. The van der Waals surface area contributed by atoms with Crippen LogP contribution < -0.4 is 4.90 Å². The van der Waals surface area contributed by atoms with Crippen molar-refractivity contribution in [2.75, 3.05) is 4.90 Å². The summed E-state index contributed by atoms with van der Waals surface area (Å²) in [5.74, 6) is 0.693. The third-order valence-corrected chi connectivity index (χ3v) is 11.7. The summed E-state index contributed by atoms with van der Waals surface area (Å²) in [6, 6.07) is 66.1. The normalized spacial score (nSPS) is 11.6. The van der Waals surface area contributed by atoms with Crippen molar-refractivity contribution in [3.63, 3.8) is 0 Å². The monoisotopic (exact) mass is 721 g/mol. The zero-order valence-electron chi connectivity index (χ0n) is 29.6. The molecule has 0 amide bonds. The Morgan fingerprint density at radius 1 is 0.436 bits per heavy atom. The number of para-hydroxylation sites is 1. The Kier molecular flexibility index (Phi) is 7.32. The van der Waals surface area contributed by atoms with Crippen molar-refractivity contribution in [2.45, 2.75) is 0 Å². The van der Waals surface area contributed by atoms with Gasteiger partial charge in [-0.1, -0.05) is 109 Å². The Morgan fingerprint density at radius 2 is 1.04 bits per heavy atom. The summed E-state index contributed by atoms with van der Waals surface area (Å²) < 4.78 is 8.64. The quantitative estimate of drug-likeness (QED) is 0.171. The van der Waals surface area contributed by atoms with E-state index in [-0.39, 0.29) is 0 Å². The highest BCUT2D eigenvalue weighted by Gasteiger charge is 2.19. The molecule has 55 heavy (non-hydrogen) atoms. The van der Waals surface area contributed by atoms with E-state index in [2.05, 4.69) is 187 Å². The molecule has 0 N–H and O–H groups in total. The first-order chi connectivity index (χ1) is 27.2. The molecule has 0 spiro atoms. The summed E-state index contributed by atoms with van der Waals surface area (Å²) in [7, 11) is 0. The minimum absolute atomic E-state index is 0.693. The third-order valence-electron chi connectivity index (χ3n) is 10.5. The van der Waals surface area contributed by atoms with E-state index in [1.165, 1.54) is 26.6 Å². The van der Waals surface area contributed by atoms with Gasteiger partial charge in [-0.2, -0.15) is 0 Å². The average molecular weight is 722 g/mol. The van der Waals surface area contributed by atoms with Crippen molar-refractivity contribution >= 4 is 81.4 Å². The predicted molar refractivity (Wildman–Crippen MR) is 231 cm³/mol. The van der Waals surface area contributed by atoms with Crippen LogP contribution in [-0.2, 0) is 0 Å². The second-order valence-corrected chi connectivity index (χ2v) is 14.8. The zero-order chi connectivity index (χ0) is 36.3. The van der Waals surface area contributed by atoms with Crippen LogP contribution in [0.1, 0.15) is 0 Å². The van der Waals surface area contributed by atoms with Crippen LogP contribution in [0.5, 0.6) is 0 Å². The molecule has 3 heterocycles. The first-order valence-electron chi connectivity index (χ1n) is 18.4. The summed E-state index contributed by atoms with van der Waals surface area (Å²) in [5, 5.41) is 5.73. The molecular weight excluding hydrogens is 691 g/mol. The first-order valence-corrected chi connectivity index (χ1v) is 19.2. The molecule has 0 bridgehead atoms. The summed E-state index contributed by atoms with van der Waals surface area (Å²) in [4.78, 5) is 12.9. The van der Waals surface area contributed by atoms with Gasteiger partial charge in [-0.05, 0) is 101 Å². The number of benzene rings is 8. The highest BCUT2D eigenvalue weighted by Crippen LogP contribution is 2.43. The molecule has 0 aliphatic rings. The number of hydrogen-bond acceptors (Lipinski definition) is 5. The van der Waals surface area contributed by atoms with Crippen LogP contribution in [0, 0.1) is 0 Å². The van der Waals surface area contributed by atoms with Gasteiger partial charge in [0.05, 0.1) is 15.9 Å². The van der Waals surface area contributed by atoms with Gasteiger partial charge in [-0.3, -0.25) is 0 Å². The van der Waals surface area contributed by atoms with Crippen molar-refractivity contribution in [1.29, 1.82) is 0 Å². The summed E-state index contributed by atoms with van der Waals surface area (Å²) in [5.41, 5.74) is 11.2. The molecule has 0 fully saturated rings. The Labute approximate surface area is 321 Å². The number of rotatable bonds is 6. The van der Waals surface area contributed by atoms with E-state index in [0.29, 0.717) is 5.82 Å².